The van der Waals surface area contributed by atoms with Crippen LogP contribution in [0.1, 0.15) is 13.3 Å². The van der Waals surface area contributed by atoms with Crippen LogP contribution in [0.15, 0.2) is 0 Å². The minimum atomic E-state index is -0.161. The summed E-state index contributed by atoms with van der Waals surface area (Å²) in [6.07, 6.45) is 1.04. The Labute approximate surface area is 96.4 Å². The van der Waals surface area contributed by atoms with E-state index in [4.69, 9.17) is 0 Å². The molecule has 0 spiro atoms. The lowest BCUT2D eigenvalue weighted by Gasteiger charge is -2.40. The highest BCUT2D eigenvalue weighted by atomic mass is 32.2. The van der Waals surface area contributed by atoms with E-state index in [1.54, 1.807) is 0 Å². The molecule has 0 aliphatic carbocycles. The second-order valence-corrected chi connectivity index (χ2v) is 6.19. The summed E-state index contributed by atoms with van der Waals surface area (Å²) < 4.78 is 0. The Morgan fingerprint density at radius 2 is 2.00 bits per heavy atom. The molecule has 84 valence electrons. The number of thioether (sulfide) groups is 1. The van der Waals surface area contributed by atoms with E-state index in [1.165, 1.54) is 0 Å². The van der Waals surface area contributed by atoms with Crippen molar-refractivity contribution in [1.82, 2.24) is 9.80 Å². The zero-order valence-electron chi connectivity index (χ0n) is 9.57. The molecule has 15 heavy (non-hydrogen) atoms. The topological polar surface area (TPSA) is 30.3 Å². The van der Waals surface area contributed by atoms with E-state index >= 15 is 0 Å². The summed E-state index contributed by atoms with van der Waals surface area (Å²) >= 11 is 1.95. The zero-order chi connectivity index (χ0) is 10.9. The third-order valence-corrected chi connectivity index (χ3v) is 4.93. The Kier molecular flexibility index (Phi) is 3.24. The van der Waals surface area contributed by atoms with Gasteiger partial charge in [0.15, 0.2) is 0 Å². The SMILES string of the molecule is CC1CC(C#N)(N2CCN(C)CC2)CS1. The monoisotopic (exact) mass is 225 g/mol. The molecule has 2 saturated heterocycles. The minimum Gasteiger partial charge on any atom is -0.304 e. The van der Waals surface area contributed by atoms with Crippen molar-refractivity contribution in [2.75, 3.05) is 39.0 Å². The van der Waals surface area contributed by atoms with Crippen LogP contribution in [-0.4, -0.2) is 59.6 Å². The van der Waals surface area contributed by atoms with Crippen molar-refractivity contribution >= 4 is 11.8 Å². The van der Waals surface area contributed by atoms with Gasteiger partial charge in [-0.3, -0.25) is 4.90 Å². The molecule has 0 amide bonds. The first-order valence-corrected chi connectivity index (χ1v) is 6.68. The largest absolute Gasteiger partial charge is 0.304 e. The number of likely N-dealkylation sites (N-methyl/N-ethyl adjacent to an activating group) is 1. The molecule has 2 atom stereocenters. The van der Waals surface area contributed by atoms with Crippen molar-refractivity contribution in [3.05, 3.63) is 0 Å². The number of piperazine rings is 1. The van der Waals surface area contributed by atoms with Crippen LogP contribution < -0.4 is 0 Å². The van der Waals surface area contributed by atoms with Crippen LogP contribution in [0.25, 0.3) is 0 Å². The van der Waals surface area contributed by atoms with Crippen molar-refractivity contribution in [2.24, 2.45) is 0 Å². The van der Waals surface area contributed by atoms with Gasteiger partial charge in [0, 0.05) is 37.2 Å². The first-order valence-electron chi connectivity index (χ1n) is 5.63. The first kappa shape index (κ1) is 11.3. The van der Waals surface area contributed by atoms with Crippen LogP contribution in [-0.2, 0) is 0 Å². The quantitative estimate of drug-likeness (QED) is 0.666. The van der Waals surface area contributed by atoms with Gasteiger partial charge in [-0.05, 0) is 13.5 Å². The van der Waals surface area contributed by atoms with E-state index < -0.39 is 0 Å². The molecular formula is C11H19N3S. The van der Waals surface area contributed by atoms with Gasteiger partial charge in [0.05, 0.1) is 6.07 Å². The first-order chi connectivity index (χ1) is 7.16. The molecule has 3 nitrogen and oxygen atoms in total. The third-order valence-electron chi connectivity index (χ3n) is 3.55. The average molecular weight is 225 g/mol. The molecular weight excluding hydrogens is 206 g/mol. The van der Waals surface area contributed by atoms with Gasteiger partial charge in [-0.2, -0.15) is 17.0 Å². The molecule has 0 aromatic carbocycles. The zero-order valence-corrected chi connectivity index (χ0v) is 10.4. The summed E-state index contributed by atoms with van der Waals surface area (Å²) in [5.41, 5.74) is -0.161. The molecule has 2 heterocycles. The fourth-order valence-electron chi connectivity index (χ4n) is 2.48. The van der Waals surface area contributed by atoms with E-state index in [9.17, 15) is 5.26 Å². The van der Waals surface area contributed by atoms with Crippen LogP contribution in [0.4, 0.5) is 0 Å². The molecule has 0 aromatic heterocycles. The molecule has 0 bridgehead atoms. The highest BCUT2D eigenvalue weighted by Gasteiger charge is 2.43. The lowest BCUT2D eigenvalue weighted by Crippen LogP contribution is -2.56. The molecule has 4 heteroatoms. The number of nitrogens with zero attached hydrogens (tertiary/aromatic N) is 3. The van der Waals surface area contributed by atoms with Crippen molar-refractivity contribution in [1.29, 1.82) is 5.26 Å². The number of rotatable bonds is 1. The predicted octanol–water partition coefficient (Wildman–Crippen LogP) is 1.02. The van der Waals surface area contributed by atoms with Crippen LogP contribution in [0.3, 0.4) is 0 Å². The van der Waals surface area contributed by atoms with Crippen LogP contribution in [0, 0.1) is 11.3 Å². The molecule has 2 aliphatic heterocycles. The van der Waals surface area contributed by atoms with E-state index in [0.29, 0.717) is 5.25 Å². The molecule has 2 rings (SSSR count). The Bertz CT molecular complexity index is 267. The summed E-state index contributed by atoms with van der Waals surface area (Å²) in [6, 6.07) is 2.58. The molecule has 0 radical (unpaired) electrons. The minimum absolute atomic E-state index is 0.161. The van der Waals surface area contributed by atoms with E-state index in [0.717, 1.165) is 38.4 Å². The predicted molar refractivity (Wildman–Crippen MR) is 64.0 cm³/mol. The Morgan fingerprint density at radius 3 is 2.47 bits per heavy atom. The molecule has 0 aromatic rings. The normalized spacial score (nSPS) is 39.1. The van der Waals surface area contributed by atoms with Crippen molar-refractivity contribution in [3.8, 4) is 6.07 Å². The van der Waals surface area contributed by atoms with Crippen LogP contribution in [0.2, 0.25) is 0 Å². The highest BCUT2D eigenvalue weighted by molar-refractivity contribution is 8.00. The highest BCUT2D eigenvalue weighted by Crippen LogP contribution is 2.38. The molecule has 0 N–H and O–H groups in total. The third kappa shape index (κ3) is 2.15. The van der Waals surface area contributed by atoms with Crippen molar-refractivity contribution < 1.29 is 0 Å². The molecule has 2 fully saturated rings. The second-order valence-electron chi connectivity index (χ2n) is 4.76. The summed E-state index contributed by atoms with van der Waals surface area (Å²) in [6.45, 7) is 6.54. The maximum atomic E-state index is 9.43. The van der Waals surface area contributed by atoms with Crippen molar-refractivity contribution in [2.45, 2.75) is 24.1 Å². The van der Waals surface area contributed by atoms with Gasteiger partial charge in [0.25, 0.3) is 0 Å². The van der Waals surface area contributed by atoms with Crippen LogP contribution >= 0.6 is 11.8 Å². The summed E-state index contributed by atoms with van der Waals surface area (Å²) in [4.78, 5) is 4.75. The van der Waals surface area contributed by atoms with E-state index in [-0.39, 0.29) is 5.54 Å². The summed E-state index contributed by atoms with van der Waals surface area (Å²) in [7, 11) is 2.16. The maximum absolute atomic E-state index is 9.43. The van der Waals surface area contributed by atoms with Gasteiger partial charge >= 0.3 is 0 Å². The van der Waals surface area contributed by atoms with Gasteiger partial charge in [-0.1, -0.05) is 6.92 Å². The molecule has 2 aliphatic rings. The van der Waals surface area contributed by atoms with Gasteiger partial charge in [-0.15, -0.1) is 0 Å². The van der Waals surface area contributed by atoms with Gasteiger partial charge in [0.1, 0.15) is 5.54 Å². The lowest BCUT2D eigenvalue weighted by atomic mass is 9.95. The Morgan fingerprint density at radius 1 is 1.33 bits per heavy atom. The number of hydrogen-bond acceptors (Lipinski definition) is 4. The molecule has 2 unspecified atom stereocenters. The fourth-order valence-corrected chi connectivity index (χ4v) is 3.80. The van der Waals surface area contributed by atoms with Crippen LogP contribution in [0.5, 0.6) is 0 Å². The van der Waals surface area contributed by atoms with Gasteiger partial charge < -0.3 is 4.90 Å². The smallest absolute Gasteiger partial charge is 0.119 e. The molecule has 0 saturated carbocycles. The number of nitriles is 1. The standard InChI is InChI=1S/C11H19N3S/c1-10-7-11(8-12,9-15-10)14-5-3-13(2)4-6-14/h10H,3-7,9H2,1-2H3. The average Bonchev–Trinajstić information content (AvgIpc) is 2.62. The van der Waals surface area contributed by atoms with Crippen molar-refractivity contribution in [3.63, 3.8) is 0 Å². The van der Waals surface area contributed by atoms with Gasteiger partial charge in [0.2, 0.25) is 0 Å². The summed E-state index contributed by atoms with van der Waals surface area (Å²) in [5.74, 6) is 0.994. The number of hydrogen-bond donors (Lipinski definition) is 0. The van der Waals surface area contributed by atoms with E-state index in [1.807, 2.05) is 11.8 Å². The Hall–Kier alpha value is -0.240. The lowest BCUT2D eigenvalue weighted by molar-refractivity contribution is 0.0852. The van der Waals surface area contributed by atoms with E-state index in [2.05, 4.69) is 29.8 Å². The fraction of sp³-hybridized carbons (Fsp3) is 0.909. The maximum Gasteiger partial charge on any atom is 0.119 e. The second kappa shape index (κ2) is 4.32. The summed E-state index contributed by atoms with van der Waals surface area (Å²) in [5, 5.41) is 10.1. The van der Waals surface area contributed by atoms with Gasteiger partial charge in [-0.25, -0.2) is 0 Å². The Balaban J connectivity index is 2.04.